The van der Waals surface area contributed by atoms with Crippen molar-refractivity contribution in [3.8, 4) is 11.1 Å². The van der Waals surface area contributed by atoms with Crippen molar-refractivity contribution in [3.63, 3.8) is 0 Å². The highest BCUT2D eigenvalue weighted by Crippen LogP contribution is 2.44. The van der Waals surface area contributed by atoms with E-state index in [4.69, 9.17) is 9.47 Å². The van der Waals surface area contributed by atoms with Gasteiger partial charge in [-0.3, -0.25) is 10.2 Å². The van der Waals surface area contributed by atoms with Gasteiger partial charge in [0.05, 0.1) is 0 Å². The summed E-state index contributed by atoms with van der Waals surface area (Å²) in [5, 5.41) is 2.30. The number of ether oxygens (including phenoxy) is 2. The highest BCUT2D eigenvalue weighted by atomic mass is 16.6. The molecule has 3 rings (SSSR count). The van der Waals surface area contributed by atoms with E-state index in [1.165, 1.54) is 0 Å². The van der Waals surface area contributed by atoms with Crippen molar-refractivity contribution in [1.29, 1.82) is 0 Å². The molecule has 0 aromatic heterocycles. The van der Waals surface area contributed by atoms with Crippen LogP contribution in [0.3, 0.4) is 0 Å². The van der Waals surface area contributed by atoms with Gasteiger partial charge in [-0.25, -0.2) is 15.0 Å². The van der Waals surface area contributed by atoms with E-state index in [9.17, 15) is 14.4 Å². The van der Waals surface area contributed by atoms with Crippen LogP contribution in [0.25, 0.3) is 11.1 Å². The Balaban J connectivity index is 1.46. The standard InChI is InChI=1S/C22H25N3O5/c1-22(2,3)30-20(27)23-12-19(26)24-25-21(28)29-13-18-16-10-6-4-8-14(16)15-9-5-7-11-17(15)18/h4-11,18H,12-13H2,1-3H3,(H,23,27)(H,24,26)(H,25,28). The van der Waals surface area contributed by atoms with Crippen LogP contribution in [0.15, 0.2) is 48.5 Å². The zero-order valence-electron chi connectivity index (χ0n) is 17.2. The number of hydrogen-bond donors (Lipinski definition) is 3. The molecular formula is C22H25N3O5. The number of fused-ring (bicyclic) bond motifs is 3. The van der Waals surface area contributed by atoms with Crippen molar-refractivity contribution in [2.75, 3.05) is 13.2 Å². The van der Waals surface area contributed by atoms with E-state index in [1.807, 2.05) is 48.5 Å². The molecule has 2 aromatic rings. The molecule has 0 bridgehead atoms. The summed E-state index contributed by atoms with van der Waals surface area (Å²) in [6.45, 7) is 4.92. The fourth-order valence-electron chi connectivity index (χ4n) is 3.27. The van der Waals surface area contributed by atoms with Crippen LogP contribution < -0.4 is 16.2 Å². The summed E-state index contributed by atoms with van der Waals surface area (Å²) in [6.07, 6.45) is -1.51. The van der Waals surface area contributed by atoms with Crippen LogP contribution in [0.1, 0.15) is 37.8 Å². The fourth-order valence-corrected chi connectivity index (χ4v) is 3.27. The summed E-state index contributed by atoms with van der Waals surface area (Å²) in [5.74, 6) is -0.693. The second-order valence-electron chi connectivity index (χ2n) is 7.85. The molecule has 30 heavy (non-hydrogen) atoms. The largest absolute Gasteiger partial charge is 0.447 e. The minimum Gasteiger partial charge on any atom is -0.447 e. The predicted molar refractivity (Wildman–Crippen MR) is 111 cm³/mol. The van der Waals surface area contributed by atoms with Crippen LogP contribution in [0.5, 0.6) is 0 Å². The number of hydrazine groups is 1. The Morgan fingerprint density at radius 2 is 1.43 bits per heavy atom. The molecule has 8 heteroatoms. The van der Waals surface area contributed by atoms with Gasteiger partial charge in [0.1, 0.15) is 18.8 Å². The third-order valence-electron chi connectivity index (χ3n) is 4.44. The van der Waals surface area contributed by atoms with Crippen molar-refractivity contribution in [2.24, 2.45) is 0 Å². The molecular weight excluding hydrogens is 386 g/mol. The second-order valence-corrected chi connectivity index (χ2v) is 7.85. The Labute approximate surface area is 174 Å². The summed E-state index contributed by atoms with van der Waals surface area (Å²) in [7, 11) is 0. The summed E-state index contributed by atoms with van der Waals surface area (Å²) in [4.78, 5) is 35.3. The van der Waals surface area contributed by atoms with E-state index in [0.29, 0.717) is 0 Å². The first-order valence-electron chi connectivity index (χ1n) is 9.61. The minimum atomic E-state index is -0.789. The lowest BCUT2D eigenvalue weighted by atomic mass is 9.98. The van der Waals surface area contributed by atoms with Gasteiger partial charge in [0.2, 0.25) is 0 Å². The Kier molecular flexibility index (Phi) is 6.25. The molecule has 0 saturated carbocycles. The molecule has 0 saturated heterocycles. The number of carbonyl (C=O) groups excluding carboxylic acids is 3. The Bertz CT molecular complexity index is 906. The van der Waals surface area contributed by atoms with Crippen LogP contribution in [-0.4, -0.2) is 36.8 Å². The van der Waals surface area contributed by atoms with Crippen LogP contribution in [0, 0.1) is 0 Å². The third kappa shape index (κ3) is 5.28. The number of hydrogen-bond acceptors (Lipinski definition) is 5. The quantitative estimate of drug-likeness (QED) is 0.671. The predicted octanol–water partition coefficient (Wildman–Crippen LogP) is 3.08. The number of rotatable bonds is 4. The zero-order chi connectivity index (χ0) is 21.7. The average Bonchev–Trinajstić information content (AvgIpc) is 3.02. The molecule has 8 nitrogen and oxygen atoms in total. The van der Waals surface area contributed by atoms with E-state index in [1.54, 1.807) is 20.8 Å². The van der Waals surface area contributed by atoms with Crippen molar-refractivity contribution < 1.29 is 23.9 Å². The molecule has 0 aliphatic heterocycles. The van der Waals surface area contributed by atoms with Gasteiger partial charge >= 0.3 is 12.2 Å². The lowest BCUT2D eigenvalue weighted by Gasteiger charge is -2.19. The van der Waals surface area contributed by atoms with Gasteiger partial charge in [-0.05, 0) is 43.0 Å². The third-order valence-corrected chi connectivity index (χ3v) is 4.44. The van der Waals surface area contributed by atoms with Crippen LogP contribution in [-0.2, 0) is 14.3 Å². The fraction of sp³-hybridized carbons (Fsp3) is 0.318. The molecule has 0 atom stereocenters. The van der Waals surface area contributed by atoms with Gasteiger partial charge < -0.3 is 14.8 Å². The topological polar surface area (TPSA) is 106 Å². The van der Waals surface area contributed by atoms with E-state index >= 15 is 0 Å². The van der Waals surface area contributed by atoms with E-state index in [0.717, 1.165) is 22.3 Å². The number of amides is 3. The second kappa shape index (κ2) is 8.86. The van der Waals surface area contributed by atoms with Gasteiger partial charge in [-0.1, -0.05) is 48.5 Å². The van der Waals surface area contributed by atoms with Crippen molar-refractivity contribution in [2.45, 2.75) is 32.3 Å². The lowest BCUT2D eigenvalue weighted by molar-refractivity contribution is -0.121. The summed E-state index contributed by atoms with van der Waals surface area (Å²) in [6, 6.07) is 16.0. The SMILES string of the molecule is CC(C)(C)OC(=O)NCC(=O)NNC(=O)OCC1c2ccccc2-c2ccccc21. The monoisotopic (exact) mass is 411 g/mol. The number of carbonyl (C=O) groups is 3. The summed E-state index contributed by atoms with van der Waals surface area (Å²) < 4.78 is 10.3. The highest BCUT2D eigenvalue weighted by molar-refractivity contribution is 5.84. The van der Waals surface area contributed by atoms with Gasteiger partial charge in [-0.2, -0.15) is 0 Å². The maximum Gasteiger partial charge on any atom is 0.426 e. The molecule has 3 N–H and O–H groups in total. The molecule has 1 aliphatic rings. The van der Waals surface area contributed by atoms with Crippen LogP contribution in [0.4, 0.5) is 9.59 Å². The first-order chi connectivity index (χ1) is 14.2. The number of nitrogens with one attached hydrogen (secondary N) is 3. The van der Waals surface area contributed by atoms with Gasteiger partial charge in [0.25, 0.3) is 5.91 Å². The van der Waals surface area contributed by atoms with Crippen LogP contribution >= 0.6 is 0 Å². The van der Waals surface area contributed by atoms with E-state index in [-0.39, 0.29) is 19.1 Å². The minimum absolute atomic E-state index is 0.0762. The van der Waals surface area contributed by atoms with E-state index < -0.39 is 23.7 Å². The maximum absolute atomic E-state index is 12.0. The molecule has 0 radical (unpaired) electrons. The molecule has 158 valence electrons. The lowest BCUT2D eigenvalue weighted by Crippen LogP contribution is -2.47. The van der Waals surface area contributed by atoms with Crippen molar-refractivity contribution in [1.82, 2.24) is 16.2 Å². The first kappa shape index (κ1) is 21.2. The molecule has 0 fully saturated rings. The molecule has 0 unspecified atom stereocenters. The Morgan fingerprint density at radius 3 is 2.00 bits per heavy atom. The highest BCUT2D eigenvalue weighted by Gasteiger charge is 2.29. The smallest absolute Gasteiger partial charge is 0.426 e. The Morgan fingerprint density at radius 1 is 0.867 bits per heavy atom. The average molecular weight is 411 g/mol. The number of alkyl carbamates (subject to hydrolysis) is 1. The molecule has 0 heterocycles. The summed E-state index contributed by atoms with van der Waals surface area (Å²) in [5.41, 5.74) is 8.13. The molecule has 2 aromatic carbocycles. The van der Waals surface area contributed by atoms with Crippen LogP contribution in [0.2, 0.25) is 0 Å². The molecule has 0 spiro atoms. The van der Waals surface area contributed by atoms with Gasteiger partial charge in [-0.15, -0.1) is 0 Å². The first-order valence-corrected chi connectivity index (χ1v) is 9.61. The summed E-state index contributed by atoms with van der Waals surface area (Å²) >= 11 is 0. The molecule has 1 aliphatic carbocycles. The maximum atomic E-state index is 12.0. The normalized spacial score (nSPS) is 12.4. The Hall–Kier alpha value is -3.55. The van der Waals surface area contributed by atoms with Gasteiger partial charge in [0.15, 0.2) is 0 Å². The van der Waals surface area contributed by atoms with Crippen molar-refractivity contribution >= 4 is 18.1 Å². The van der Waals surface area contributed by atoms with Crippen molar-refractivity contribution in [3.05, 3.63) is 59.7 Å². The zero-order valence-corrected chi connectivity index (χ0v) is 17.2. The number of benzene rings is 2. The van der Waals surface area contributed by atoms with Gasteiger partial charge in [0, 0.05) is 5.92 Å². The van der Waals surface area contributed by atoms with E-state index in [2.05, 4.69) is 16.2 Å². The molecule has 3 amide bonds.